The van der Waals surface area contributed by atoms with Gasteiger partial charge in [-0.05, 0) is 49.3 Å². The molecular formula is C34H48N6O7. The first kappa shape index (κ1) is 37.1. The second-order valence-corrected chi connectivity index (χ2v) is 12.2. The average molecular weight is 653 g/mol. The fourth-order valence-electron chi connectivity index (χ4n) is 5.34. The van der Waals surface area contributed by atoms with Crippen molar-refractivity contribution in [2.24, 2.45) is 17.4 Å². The van der Waals surface area contributed by atoms with Crippen molar-refractivity contribution < 1.29 is 33.8 Å². The summed E-state index contributed by atoms with van der Waals surface area (Å²) >= 11 is 0. The number of nitrogens with one attached hydrogen (secondary N) is 3. The summed E-state index contributed by atoms with van der Waals surface area (Å²) < 4.78 is 5.24. The number of nitrogens with two attached hydrogens (primary N) is 2. The SMILES string of the molecule is CC(C)C[C@@H](NC(=O)[C@@H](Cc1ccccc1)NC(=O)[C@H](N)Cc1ccccc1)C(=O)N[C@H](CCCN)C(=O)N1CCOC(C(=O)O)C1. The number of aliphatic carboxylic acids is 1. The van der Waals surface area contributed by atoms with Gasteiger partial charge in [0.1, 0.15) is 18.1 Å². The molecule has 1 unspecified atom stereocenters. The van der Waals surface area contributed by atoms with E-state index >= 15 is 0 Å². The van der Waals surface area contributed by atoms with E-state index in [9.17, 15) is 29.1 Å². The number of benzene rings is 2. The molecule has 1 fully saturated rings. The number of hydrogen-bond acceptors (Lipinski definition) is 8. The minimum Gasteiger partial charge on any atom is -0.479 e. The van der Waals surface area contributed by atoms with Gasteiger partial charge in [-0.3, -0.25) is 19.2 Å². The van der Waals surface area contributed by atoms with Crippen LogP contribution in [-0.4, -0.2) is 96.1 Å². The van der Waals surface area contributed by atoms with Crippen LogP contribution in [0.5, 0.6) is 0 Å². The first-order valence-electron chi connectivity index (χ1n) is 16.1. The number of ether oxygens (including phenoxy) is 1. The highest BCUT2D eigenvalue weighted by molar-refractivity contribution is 5.95. The Kier molecular flexibility index (Phi) is 14.8. The van der Waals surface area contributed by atoms with Crippen molar-refractivity contribution in [3.05, 3.63) is 71.8 Å². The predicted molar refractivity (Wildman–Crippen MR) is 176 cm³/mol. The molecule has 1 heterocycles. The van der Waals surface area contributed by atoms with Crippen molar-refractivity contribution in [1.29, 1.82) is 0 Å². The molecule has 0 bridgehead atoms. The number of nitrogens with zero attached hydrogens (tertiary/aromatic N) is 1. The lowest BCUT2D eigenvalue weighted by atomic mass is 9.99. The van der Waals surface area contributed by atoms with Crippen LogP contribution in [0.15, 0.2) is 60.7 Å². The van der Waals surface area contributed by atoms with Crippen molar-refractivity contribution in [2.45, 2.75) is 76.2 Å². The molecule has 0 aromatic heterocycles. The van der Waals surface area contributed by atoms with Crippen LogP contribution in [0.3, 0.4) is 0 Å². The summed E-state index contributed by atoms with van der Waals surface area (Å²) in [5.41, 5.74) is 13.6. The Morgan fingerprint density at radius 1 is 0.851 bits per heavy atom. The number of carbonyl (C=O) groups is 5. The number of rotatable bonds is 17. The fourth-order valence-corrected chi connectivity index (χ4v) is 5.34. The van der Waals surface area contributed by atoms with Crippen LogP contribution >= 0.6 is 0 Å². The highest BCUT2D eigenvalue weighted by Crippen LogP contribution is 2.13. The van der Waals surface area contributed by atoms with Crippen LogP contribution in [0.2, 0.25) is 0 Å². The first-order chi connectivity index (χ1) is 22.5. The monoisotopic (exact) mass is 652 g/mol. The van der Waals surface area contributed by atoms with Crippen LogP contribution in [0.1, 0.15) is 44.2 Å². The van der Waals surface area contributed by atoms with E-state index in [0.29, 0.717) is 6.42 Å². The maximum atomic E-state index is 13.8. The second kappa shape index (κ2) is 18.7. The third-order valence-electron chi connectivity index (χ3n) is 7.86. The van der Waals surface area contributed by atoms with Crippen LogP contribution in [0.25, 0.3) is 0 Å². The summed E-state index contributed by atoms with van der Waals surface area (Å²) in [6.45, 7) is 4.15. The Morgan fingerprint density at radius 3 is 1.98 bits per heavy atom. The van der Waals surface area contributed by atoms with Crippen LogP contribution in [0.4, 0.5) is 0 Å². The molecule has 0 spiro atoms. The fraction of sp³-hybridized carbons (Fsp3) is 0.500. The minimum atomic E-state index is -1.18. The lowest BCUT2D eigenvalue weighted by Crippen LogP contribution is -2.59. The molecule has 4 amide bonds. The molecule has 0 radical (unpaired) electrons. The summed E-state index contributed by atoms with van der Waals surface area (Å²) in [5, 5.41) is 17.7. The second-order valence-electron chi connectivity index (χ2n) is 12.2. The summed E-state index contributed by atoms with van der Waals surface area (Å²) in [7, 11) is 0. The van der Waals surface area contributed by atoms with E-state index in [-0.39, 0.29) is 57.8 Å². The molecule has 8 N–H and O–H groups in total. The molecular weight excluding hydrogens is 604 g/mol. The standard InChI is InChI=1S/C34H48N6O7/c1-22(2)18-27(31(42)37-26(14-9-15-35)33(44)40-16-17-47-29(21-40)34(45)46)39-32(43)28(20-24-12-7-4-8-13-24)38-30(41)25(36)19-23-10-5-3-6-11-23/h3-8,10-13,22,25-29H,9,14-21,35-36H2,1-2H3,(H,37,42)(H,38,41)(H,39,43)(H,45,46)/t25-,26-,27-,28-,29?/m1/s1. The number of carbonyl (C=O) groups excluding carboxylic acids is 4. The van der Waals surface area contributed by atoms with Crippen molar-refractivity contribution in [1.82, 2.24) is 20.9 Å². The topological polar surface area (TPSA) is 206 Å². The minimum absolute atomic E-state index is 0.0127. The molecule has 2 aromatic carbocycles. The van der Waals surface area contributed by atoms with Crippen molar-refractivity contribution in [3.8, 4) is 0 Å². The predicted octanol–water partition coefficient (Wildman–Crippen LogP) is 0.351. The van der Waals surface area contributed by atoms with E-state index in [4.69, 9.17) is 16.2 Å². The summed E-state index contributed by atoms with van der Waals surface area (Å²) in [4.78, 5) is 67.0. The van der Waals surface area contributed by atoms with E-state index in [0.717, 1.165) is 11.1 Å². The van der Waals surface area contributed by atoms with Gasteiger partial charge in [0.15, 0.2) is 6.10 Å². The maximum Gasteiger partial charge on any atom is 0.334 e. The molecule has 1 aliphatic heterocycles. The number of morpholine rings is 1. The number of carboxylic acid groups (broad SMARTS) is 1. The highest BCUT2D eigenvalue weighted by atomic mass is 16.5. The number of carboxylic acids is 1. The van der Waals surface area contributed by atoms with Crippen LogP contribution in [-0.2, 0) is 41.6 Å². The van der Waals surface area contributed by atoms with Crippen LogP contribution < -0.4 is 27.4 Å². The average Bonchev–Trinajstić information content (AvgIpc) is 3.06. The smallest absolute Gasteiger partial charge is 0.334 e. The van der Waals surface area contributed by atoms with Crippen molar-refractivity contribution in [2.75, 3.05) is 26.2 Å². The van der Waals surface area contributed by atoms with Gasteiger partial charge < -0.3 is 42.2 Å². The van der Waals surface area contributed by atoms with Gasteiger partial charge in [-0.2, -0.15) is 0 Å². The molecule has 3 rings (SSSR count). The zero-order chi connectivity index (χ0) is 34.3. The Labute approximate surface area is 275 Å². The van der Waals surface area contributed by atoms with Gasteiger partial charge in [0, 0.05) is 13.0 Å². The largest absolute Gasteiger partial charge is 0.479 e. The summed E-state index contributed by atoms with van der Waals surface area (Å²) in [6, 6.07) is 14.5. The molecule has 13 nitrogen and oxygen atoms in total. The highest BCUT2D eigenvalue weighted by Gasteiger charge is 2.35. The molecule has 13 heteroatoms. The maximum absolute atomic E-state index is 13.8. The molecule has 0 aliphatic carbocycles. The van der Waals surface area contributed by atoms with Gasteiger partial charge in [-0.15, -0.1) is 0 Å². The quantitative estimate of drug-likeness (QED) is 0.139. The molecule has 47 heavy (non-hydrogen) atoms. The lowest BCUT2D eigenvalue weighted by molar-refractivity contribution is -0.160. The Morgan fingerprint density at radius 2 is 1.40 bits per heavy atom. The van der Waals surface area contributed by atoms with E-state index in [2.05, 4.69) is 16.0 Å². The molecule has 1 saturated heterocycles. The third-order valence-corrected chi connectivity index (χ3v) is 7.86. The van der Waals surface area contributed by atoms with Gasteiger partial charge in [-0.25, -0.2) is 4.79 Å². The van der Waals surface area contributed by atoms with Crippen molar-refractivity contribution in [3.63, 3.8) is 0 Å². The Hall–Kier alpha value is -4.33. The normalized spacial score (nSPS) is 17.2. The first-order valence-corrected chi connectivity index (χ1v) is 16.1. The molecule has 0 saturated carbocycles. The molecule has 2 aromatic rings. The summed E-state index contributed by atoms with van der Waals surface area (Å²) in [6.07, 6.45) is 0.187. The van der Waals surface area contributed by atoms with E-state index < -0.39 is 59.9 Å². The Bertz CT molecular complexity index is 1330. The zero-order valence-electron chi connectivity index (χ0n) is 27.1. The molecule has 5 atom stereocenters. The van der Waals surface area contributed by atoms with Crippen LogP contribution in [0, 0.1) is 5.92 Å². The molecule has 1 aliphatic rings. The van der Waals surface area contributed by atoms with E-state index in [1.54, 1.807) is 0 Å². The number of amides is 4. The van der Waals surface area contributed by atoms with E-state index in [1.165, 1.54) is 4.90 Å². The van der Waals surface area contributed by atoms with E-state index in [1.807, 2.05) is 74.5 Å². The zero-order valence-corrected chi connectivity index (χ0v) is 27.1. The van der Waals surface area contributed by atoms with Gasteiger partial charge >= 0.3 is 5.97 Å². The third kappa shape index (κ3) is 12.1. The van der Waals surface area contributed by atoms with Gasteiger partial charge in [0.05, 0.1) is 19.2 Å². The number of hydrogen-bond donors (Lipinski definition) is 6. The van der Waals surface area contributed by atoms with Gasteiger partial charge in [0.2, 0.25) is 23.6 Å². The Balaban J connectivity index is 1.77. The summed E-state index contributed by atoms with van der Waals surface area (Å²) in [5.74, 6) is -3.29. The van der Waals surface area contributed by atoms with Gasteiger partial charge in [-0.1, -0.05) is 74.5 Å². The van der Waals surface area contributed by atoms with Crippen molar-refractivity contribution >= 4 is 29.6 Å². The van der Waals surface area contributed by atoms with Gasteiger partial charge in [0.25, 0.3) is 0 Å². The lowest BCUT2D eigenvalue weighted by Gasteiger charge is -2.34. The molecule has 256 valence electrons.